The number of carbonyl (C=O) groups is 2. The number of nitro benzene ring substituents is 1. The lowest BCUT2D eigenvalue weighted by Crippen LogP contribution is -2.19. The molecule has 8 nitrogen and oxygen atoms in total. The fraction of sp³-hybridized carbons (Fsp3) is 0.0625. The number of aromatic carboxylic acids is 1. The molecule has 2 rings (SSSR count). The first-order valence-corrected chi connectivity index (χ1v) is 6.81. The zero-order valence-electron chi connectivity index (χ0n) is 12.6. The van der Waals surface area contributed by atoms with E-state index in [0.29, 0.717) is 5.56 Å². The van der Waals surface area contributed by atoms with Gasteiger partial charge in [-0.1, -0.05) is 18.2 Å². The number of rotatable bonds is 5. The van der Waals surface area contributed by atoms with Gasteiger partial charge in [0.2, 0.25) is 0 Å². The molecule has 0 bridgehead atoms. The van der Waals surface area contributed by atoms with Crippen LogP contribution in [0.25, 0.3) is 0 Å². The zero-order valence-corrected chi connectivity index (χ0v) is 12.6. The molecule has 0 aliphatic rings. The standard InChI is InChI=1S/C16H13N3O5/c1-10-13(3-2-4-14(10)19(23)24)15(20)18-17-9-11-5-7-12(8-6-11)16(21)22/h2-9H,1H3,(H,18,20)(H,21,22)/b17-9-. The van der Waals surface area contributed by atoms with Crippen molar-refractivity contribution in [3.63, 3.8) is 0 Å². The van der Waals surface area contributed by atoms with Crippen LogP contribution in [0.5, 0.6) is 0 Å². The van der Waals surface area contributed by atoms with E-state index >= 15 is 0 Å². The molecule has 0 aromatic heterocycles. The van der Waals surface area contributed by atoms with Gasteiger partial charge in [0.05, 0.1) is 22.3 Å². The van der Waals surface area contributed by atoms with Gasteiger partial charge in [0.1, 0.15) is 0 Å². The summed E-state index contributed by atoms with van der Waals surface area (Å²) in [5, 5.41) is 23.4. The van der Waals surface area contributed by atoms with Crippen molar-refractivity contribution < 1.29 is 19.6 Å². The number of amides is 1. The van der Waals surface area contributed by atoms with E-state index in [1.807, 2.05) is 0 Å². The third-order valence-corrected chi connectivity index (χ3v) is 3.28. The summed E-state index contributed by atoms with van der Waals surface area (Å²) in [5.41, 5.74) is 3.28. The summed E-state index contributed by atoms with van der Waals surface area (Å²) in [7, 11) is 0. The van der Waals surface area contributed by atoms with E-state index in [9.17, 15) is 19.7 Å². The van der Waals surface area contributed by atoms with E-state index in [-0.39, 0.29) is 22.4 Å². The molecule has 0 radical (unpaired) electrons. The fourth-order valence-electron chi connectivity index (χ4n) is 2.00. The van der Waals surface area contributed by atoms with Crippen LogP contribution in [0.2, 0.25) is 0 Å². The van der Waals surface area contributed by atoms with E-state index in [1.165, 1.54) is 55.6 Å². The van der Waals surface area contributed by atoms with Crippen LogP contribution < -0.4 is 5.43 Å². The maximum Gasteiger partial charge on any atom is 0.335 e. The Morgan fingerprint density at radius 2 is 1.88 bits per heavy atom. The van der Waals surface area contributed by atoms with Gasteiger partial charge in [-0.05, 0) is 30.7 Å². The highest BCUT2D eigenvalue weighted by atomic mass is 16.6. The minimum atomic E-state index is -1.03. The minimum Gasteiger partial charge on any atom is -0.478 e. The van der Waals surface area contributed by atoms with Gasteiger partial charge in [-0.3, -0.25) is 14.9 Å². The smallest absolute Gasteiger partial charge is 0.335 e. The van der Waals surface area contributed by atoms with Gasteiger partial charge in [-0.25, -0.2) is 10.2 Å². The second-order valence-corrected chi connectivity index (χ2v) is 4.83. The summed E-state index contributed by atoms with van der Waals surface area (Å²) in [6, 6.07) is 10.1. The lowest BCUT2D eigenvalue weighted by Gasteiger charge is -2.04. The number of carboxylic acid groups (broad SMARTS) is 1. The van der Waals surface area contributed by atoms with Crippen LogP contribution in [-0.2, 0) is 0 Å². The van der Waals surface area contributed by atoms with Gasteiger partial charge in [-0.15, -0.1) is 0 Å². The SMILES string of the molecule is Cc1c(C(=O)N/N=C\c2ccc(C(=O)O)cc2)cccc1[N+](=O)[O-]. The number of benzene rings is 2. The fourth-order valence-corrected chi connectivity index (χ4v) is 2.00. The molecule has 0 spiro atoms. The average Bonchev–Trinajstić information content (AvgIpc) is 2.55. The number of hydrogen-bond acceptors (Lipinski definition) is 5. The van der Waals surface area contributed by atoms with Crippen molar-refractivity contribution >= 4 is 23.8 Å². The molecule has 0 saturated carbocycles. The zero-order chi connectivity index (χ0) is 17.7. The lowest BCUT2D eigenvalue weighted by atomic mass is 10.1. The van der Waals surface area contributed by atoms with Gasteiger partial charge in [0.15, 0.2) is 0 Å². The number of carbonyl (C=O) groups excluding carboxylic acids is 1. The Kier molecular flexibility index (Phi) is 5.00. The van der Waals surface area contributed by atoms with Crippen LogP contribution in [0.15, 0.2) is 47.6 Å². The van der Waals surface area contributed by atoms with Crippen LogP contribution in [0, 0.1) is 17.0 Å². The summed E-state index contributed by atoms with van der Waals surface area (Å²) in [6.45, 7) is 1.49. The number of nitro groups is 1. The monoisotopic (exact) mass is 327 g/mol. The molecule has 1 amide bonds. The Morgan fingerprint density at radius 1 is 1.21 bits per heavy atom. The molecule has 0 heterocycles. The normalized spacial score (nSPS) is 10.5. The number of hydrazone groups is 1. The number of carboxylic acids is 1. The predicted octanol–water partition coefficient (Wildman–Crippen LogP) is 2.37. The molecule has 8 heteroatoms. The van der Waals surface area contributed by atoms with Crippen molar-refractivity contribution in [1.82, 2.24) is 5.43 Å². The number of hydrogen-bond donors (Lipinski definition) is 2. The van der Waals surface area contributed by atoms with Crippen LogP contribution in [0.4, 0.5) is 5.69 Å². The van der Waals surface area contributed by atoms with Crippen molar-refractivity contribution in [3.05, 3.63) is 74.8 Å². The van der Waals surface area contributed by atoms with Crippen molar-refractivity contribution in [1.29, 1.82) is 0 Å². The third kappa shape index (κ3) is 3.80. The Hall–Kier alpha value is -3.55. The molecule has 0 unspecified atom stereocenters. The molecule has 2 aromatic carbocycles. The Balaban J connectivity index is 2.09. The molecular weight excluding hydrogens is 314 g/mol. The number of nitrogens with one attached hydrogen (secondary N) is 1. The van der Waals surface area contributed by atoms with E-state index in [2.05, 4.69) is 10.5 Å². The maximum absolute atomic E-state index is 12.0. The van der Waals surface area contributed by atoms with E-state index < -0.39 is 16.8 Å². The van der Waals surface area contributed by atoms with Crippen molar-refractivity contribution in [3.8, 4) is 0 Å². The molecule has 0 saturated heterocycles. The largest absolute Gasteiger partial charge is 0.478 e. The summed E-state index contributed by atoms with van der Waals surface area (Å²) in [4.78, 5) is 33.1. The molecule has 0 aliphatic carbocycles. The first kappa shape index (κ1) is 16.8. The van der Waals surface area contributed by atoms with Gasteiger partial charge >= 0.3 is 5.97 Å². The summed E-state index contributed by atoms with van der Waals surface area (Å²) in [5.74, 6) is -1.61. The van der Waals surface area contributed by atoms with Gasteiger partial charge in [0, 0.05) is 11.6 Å². The van der Waals surface area contributed by atoms with E-state index in [1.54, 1.807) is 0 Å². The number of nitrogens with zero attached hydrogens (tertiary/aromatic N) is 2. The first-order chi connectivity index (χ1) is 11.4. The van der Waals surface area contributed by atoms with Crippen LogP contribution in [0.1, 0.15) is 31.8 Å². The highest BCUT2D eigenvalue weighted by molar-refractivity contribution is 5.97. The van der Waals surface area contributed by atoms with E-state index in [4.69, 9.17) is 5.11 Å². The average molecular weight is 327 g/mol. The first-order valence-electron chi connectivity index (χ1n) is 6.81. The van der Waals surface area contributed by atoms with Crippen molar-refractivity contribution in [2.75, 3.05) is 0 Å². The molecule has 0 aliphatic heterocycles. The molecular formula is C16H13N3O5. The molecule has 2 N–H and O–H groups in total. The van der Waals surface area contributed by atoms with E-state index in [0.717, 1.165) is 0 Å². The molecule has 2 aromatic rings. The quantitative estimate of drug-likeness (QED) is 0.496. The maximum atomic E-state index is 12.0. The molecule has 0 fully saturated rings. The van der Waals surface area contributed by atoms with Gasteiger partial charge < -0.3 is 5.11 Å². The molecule has 0 atom stereocenters. The summed E-state index contributed by atoms with van der Waals surface area (Å²) < 4.78 is 0. The van der Waals surface area contributed by atoms with Gasteiger partial charge in [0.25, 0.3) is 11.6 Å². The second kappa shape index (κ2) is 7.14. The topological polar surface area (TPSA) is 122 Å². The Bertz CT molecular complexity index is 828. The predicted molar refractivity (Wildman–Crippen MR) is 86.3 cm³/mol. The second-order valence-electron chi connectivity index (χ2n) is 4.83. The molecule has 24 heavy (non-hydrogen) atoms. The van der Waals surface area contributed by atoms with Gasteiger partial charge in [-0.2, -0.15) is 5.10 Å². The summed E-state index contributed by atoms with van der Waals surface area (Å²) in [6.07, 6.45) is 1.34. The van der Waals surface area contributed by atoms with Crippen LogP contribution in [-0.4, -0.2) is 28.1 Å². The third-order valence-electron chi connectivity index (χ3n) is 3.28. The highest BCUT2D eigenvalue weighted by Crippen LogP contribution is 2.20. The summed E-state index contributed by atoms with van der Waals surface area (Å²) >= 11 is 0. The minimum absolute atomic E-state index is 0.142. The lowest BCUT2D eigenvalue weighted by molar-refractivity contribution is -0.385. The van der Waals surface area contributed by atoms with Crippen LogP contribution >= 0.6 is 0 Å². The van der Waals surface area contributed by atoms with Crippen molar-refractivity contribution in [2.24, 2.45) is 5.10 Å². The Morgan fingerprint density at radius 3 is 2.46 bits per heavy atom. The van der Waals surface area contributed by atoms with Crippen LogP contribution in [0.3, 0.4) is 0 Å². The Labute approximate surface area is 136 Å². The van der Waals surface area contributed by atoms with Crippen molar-refractivity contribution in [2.45, 2.75) is 6.92 Å². The molecule has 122 valence electrons. The highest BCUT2D eigenvalue weighted by Gasteiger charge is 2.17.